The van der Waals surface area contributed by atoms with E-state index < -0.39 is 33.9 Å². The fraction of sp³-hybridized carbons (Fsp3) is 0.143. The van der Waals surface area contributed by atoms with Crippen LogP contribution in [0.25, 0.3) is 0 Å². The molecule has 0 saturated heterocycles. The Labute approximate surface area is 83.9 Å². The average Bonchev–Trinajstić information content (AvgIpc) is 2.05. The maximum absolute atomic E-state index is 13.0. The number of hydrogen-bond donors (Lipinski definition) is 0. The van der Waals surface area contributed by atoms with E-state index in [-0.39, 0.29) is 0 Å². The molecule has 1 rings (SSSR count). The van der Waals surface area contributed by atoms with Crippen molar-refractivity contribution in [3.8, 4) is 5.75 Å². The summed E-state index contributed by atoms with van der Waals surface area (Å²) in [7, 11) is 0. The molecule has 15 heavy (non-hydrogen) atoms. The summed E-state index contributed by atoms with van der Waals surface area (Å²) in [5, 5.41) is 0. The Morgan fingerprint density at radius 3 is 2.40 bits per heavy atom. The summed E-state index contributed by atoms with van der Waals surface area (Å²) in [4.78, 5) is -0.878. The molecule has 84 valence electrons. The first-order valence-electron chi connectivity index (χ1n) is 3.45. The van der Waals surface area contributed by atoms with Crippen LogP contribution in [0.15, 0.2) is 23.1 Å². The predicted octanol–water partition coefficient (Wildman–Crippen LogP) is 1.96. The van der Waals surface area contributed by atoms with Crippen LogP contribution >= 0.6 is 0 Å². The first-order chi connectivity index (χ1) is 6.81. The summed E-state index contributed by atoms with van der Waals surface area (Å²) in [6.07, 6.45) is -5.07. The Hall–Kier alpha value is -1.15. The lowest BCUT2D eigenvalue weighted by Crippen LogP contribution is -2.18. The largest absolute Gasteiger partial charge is 0.768 e. The SMILES string of the molecule is O=S([O-])c1cccc(OC(F)(F)F)c1F. The monoisotopic (exact) mass is 243 g/mol. The minimum absolute atomic E-state index is 0.680. The minimum atomic E-state index is -5.07. The molecule has 0 aliphatic heterocycles. The summed E-state index contributed by atoms with van der Waals surface area (Å²) >= 11 is -2.95. The van der Waals surface area contributed by atoms with Gasteiger partial charge in [0.1, 0.15) is 0 Å². The van der Waals surface area contributed by atoms with Crippen LogP contribution in [0.3, 0.4) is 0 Å². The van der Waals surface area contributed by atoms with Crippen LogP contribution in [0.2, 0.25) is 0 Å². The number of hydrogen-bond acceptors (Lipinski definition) is 3. The standard InChI is InChI=1S/C7H4F4O3S/c8-6-4(14-7(9,10)11)2-1-3-5(6)15(12)13/h1-3H,(H,12,13)/p-1. The zero-order chi connectivity index (χ0) is 11.6. The van der Waals surface area contributed by atoms with Gasteiger partial charge < -0.3 is 9.29 Å². The fourth-order valence-corrected chi connectivity index (χ4v) is 1.26. The Kier molecular flexibility index (Phi) is 3.30. The average molecular weight is 243 g/mol. The lowest BCUT2D eigenvalue weighted by molar-refractivity contribution is -0.275. The van der Waals surface area contributed by atoms with Crippen molar-refractivity contribution in [2.45, 2.75) is 11.3 Å². The summed E-state index contributed by atoms with van der Waals surface area (Å²) in [6, 6.07) is 2.44. The lowest BCUT2D eigenvalue weighted by atomic mass is 10.3. The van der Waals surface area contributed by atoms with Crippen molar-refractivity contribution < 1.29 is 31.1 Å². The van der Waals surface area contributed by atoms with E-state index in [0.717, 1.165) is 12.1 Å². The van der Waals surface area contributed by atoms with Gasteiger partial charge >= 0.3 is 6.36 Å². The fourth-order valence-electron chi connectivity index (χ4n) is 0.823. The first kappa shape index (κ1) is 11.9. The molecule has 0 aliphatic rings. The van der Waals surface area contributed by atoms with Gasteiger partial charge in [0.05, 0.1) is 4.90 Å². The van der Waals surface area contributed by atoms with Crippen molar-refractivity contribution in [1.82, 2.24) is 0 Å². The molecule has 0 saturated carbocycles. The lowest BCUT2D eigenvalue weighted by Gasteiger charge is -2.12. The number of rotatable bonds is 2. The highest BCUT2D eigenvalue weighted by atomic mass is 32.2. The Morgan fingerprint density at radius 1 is 1.33 bits per heavy atom. The molecule has 1 aromatic carbocycles. The molecule has 0 aliphatic carbocycles. The molecule has 0 amide bonds. The summed E-state index contributed by atoms with van der Waals surface area (Å²) in [5.41, 5.74) is 0. The van der Waals surface area contributed by atoms with Crippen molar-refractivity contribution in [2.75, 3.05) is 0 Å². The quantitative estimate of drug-likeness (QED) is 0.589. The van der Waals surface area contributed by atoms with E-state index in [9.17, 15) is 26.3 Å². The van der Waals surface area contributed by atoms with Gasteiger partial charge in [-0.2, -0.15) is 0 Å². The van der Waals surface area contributed by atoms with E-state index in [4.69, 9.17) is 0 Å². The molecule has 8 heteroatoms. The van der Waals surface area contributed by atoms with Gasteiger partial charge in [0, 0.05) is 0 Å². The van der Waals surface area contributed by atoms with Crippen LogP contribution in [0.4, 0.5) is 17.6 Å². The molecule has 0 heterocycles. The van der Waals surface area contributed by atoms with Gasteiger partial charge in [-0.05, 0) is 23.2 Å². The Morgan fingerprint density at radius 2 is 1.93 bits per heavy atom. The van der Waals surface area contributed by atoms with E-state index in [1.54, 1.807) is 0 Å². The Bertz CT molecular complexity index is 390. The molecule has 0 aromatic heterocycles. The van der Waals surface area contributed by atoms with Gasteiger partial charge in [0.2, 0.25) is 0 Å². The molecule has 0 bridgehead atoms. The van der Waals surface area contributed by atoms with E-state index in [1.165, 1.54) is 0 Å². The van der Waals surface area contributed by atoms with E-state index >= 15 is 0 Å². The van der Waals surface area contributed by atoms with E-state index in [0.29, 0.717) is 6.07 Å². The van der Waals surface area contributed by atoms with Crippen molar-refractivity contribution >= 4 is 11.1 Å². The van der Waals surface area contributed by atoms with Crippen molar-refractivity contribution in [1.29, 1.82) is 0 Å². The zero-order valence-corrected chi connectivity index (χ0v) is 7.69. The minimum Gasteiger partial charge on any atom is -0.768 e. The van der Waals surface area contributed by atoms with Gasteiger partial charge in [0.25, 0.3) is 0 Å². The van der Waals surface area contributed by atoms with E-state index in [1.807, 2.05) is 0 Å². The molecule has 1 unspecified atom stereocenters. The highest BCUT2D eigenvalue weighted by molar-refractivity contribution is 7.79. The van der Waals surface area contributed by atoms with Gasteiger partial charge in [0.15, 0.2) is 11.6 Å². The molecule has 0 radical (unpaired) electrons. The molecule has 0 N–H and O–H groups in total. The second-order valence-electron chi connectivity index (χ2n) is 2.35. The van der Waals surface area contributed by atoms with E-state index in [2.05, 4.69) is 4.74 Å². The first-order valence-corrected chi connectivity index (χ1v) is 4.52. The third-order valence-electron chi connectivity index (χ3n) is 1.33. The predicted molar refractivity (Wildman–Crippen MR) is 40.3 cm³/mol. The second kappa shape index (κ2) is 4.15. The van der Waals surface area contributed by atoms with Gasteiger partial charge in [-0.3, -0.25) is 4.21 Å². The second-order valence-corrected chi connectivity index (χ2v) is 3.26. The third kappa shape index (κ3) is 3.17. The van der Waals surface area contributed by atoms with Crippen LogP contribution in [-0.2, 0) is 11.1 Å². The van der Waals surface area contributed by atoms with Crippen LogP contribution in [0.1, 0.15) is 0 Å². The van der Waals surface area contributed by atoms with Crippen LogP contribution in [-0.4, -0.2) is 15.1 Å². The highest BCUT2D eigenvalue weighted by Gasteiger charge is 2.32. The van der Waals surface area contributed by atoms with Crippen LogP contribution in [0.5, 0.6) is 5.75 Å². The zero-order valence-electron chi connectivity index (χ0n) is 6.88. The van der Waals surface area contributed by atoms with Gasteiger partial charge in [-0.1, -0.05) is 6.07 Å². The van der Waals surface area contributed by atoms with Gasteiger partial charge in [-0.15, -0.1) is 13.2 Å². The molecule has 1 aromatic rings. The number of alkyl halides is 3. The van der Waals surface area contributed by atoms with Crippen molar-refractivity contribution in [3.05, 3.63) is 24.0 Å². The third-order valence-corrected chi connectivity index (χ3v) is 2.01. The summed E-state index contributed by atoms with van der Waals surface area (Å²) in [6.45, 7) is 0. The molecule has 1 atom stereocenters. The highest BCUT2D eigenvalue weighted by Crippen LogP contribution is 2.28. The van der Waals surface area contributed by atoms with Gasteiger partial charge in [-0.25, -0.2) is 4.39 Å². The molecular formula is C7H3F4O3S-. The molecule has 0 spiro atoms. The van der Waals surface area contributed by atoms with Crippen LogP contribution in [0, 0.1) is 5.82 Å². The molecular weight excluding hydrogens is 240 g/mol. The van der Waals surface area contributed by atoms with Crippen LogP contribution < -0.4 is 4.74 Å². The number of ether oxygens (including phenoxy) is 1. The molecule has 0 fully saturated rings. The summed E-state index contributed by atoms with van der Waals surface area (Å²) < 4.78 is 72.2. The number of benzene rings is 1. The normalized spacial score (nSPS) is 13.7. The topological polar surface area (TPSA) is 49.4 Å². The van der Waals surface area contributed by atoms with Crippen molar-refractivity contribution in [3.63, 3.8) is 0 Å². The van der Waals surface area contributed by atoms with Crippen molar-refractivity contribution in [2.24, 2.45) is 0 Å². The maximum Gasteiger partial charge on any atom is 0.573 e. The Balaban J connectivity index is 3.10. The smallest absolute Gasteiger partial charge is 0.573 e. The maximum atomic E-state index is 13.0. The molecule has 3 nitrogen and oxygen atoms in total. The summed E-state index contributed by atoms with van der Waals surface area (Å²) in [5.74, 6) is -2.74. The number of halogens is 4.